The van der Waals surface area contributed by atoms with Crippen LogP contribution in [-0.4, -0.2) is 5.12 Å². The molecule has 1 rings (SSSR count). The number of nitriles is 1. The molecule has 2 nitrogen and oxygen atoms in total. The summed E-state index contributed by atoms with van der Waals surface area (Å²) in [6, 6.07) is 9.31. The quantitative estimate of drug-likeness (QED) is 0.810. The number of carbonyl (C=O) groups is 1. The van der Waals surface area contributed by atoms with Gasteiger partial charge in [-0.05, 0) is 17.7 Å². The van der Waals surface area contributed by atoms with Gasteiger partial charge < -0.3 is 0 Å². The van der Waals surface area contributed by atoms with Gasteiger partial charge in [-0.15, -0.1) is 0 Å². The van der Waals surface area contributed by atoms with Gasteiger partial charge in [0.2, 0.25) is 0 Å². The van der Waals surface area contributed by atoms with Gasteiger partial charge in [0.25, 0.3) is 0 Å². The van der Waals surface area contributed by atoms with Gasteiger partial charge in [-0.25, -0.2) is 0 Å². The van der Waals surface area contributed by atoms with E-state index in [-0.39, 0.29) is 10.4 Å². The lowest BCUT2D eigenvalue weighted by Gasteiger charge is -2.11. The Labute approximate surface area is 98.2 Å². The van der Waals surface area contributed by atoms with Crippen LogP contribution in [0.1, 0.15) is 24.2 Å². The molecule has 0 radical (unpaired) electrons. The van der Waals surface area contributed by atoms with Crippen LogP contribution in [0.4, 0.5) is 0 Å². The maximum Gasteiger partial charge on any atom is 0.186 e. The lowest BCUT2D eigenvalue weighted by molar-refractivity contribution is -0.109. The van der Waals surface area contributed by atoms with Crippen LogP contribution in [0.5, 0.6) is 0 Å². The molecular formula is C11H10ClNOS. The maximum absolute atomic E-state index is 11.0. The molecule has 0 aromatic heterocycles. The first-order valence-electron chi connectivity index (χ1n) is 4.43. The number of hydrogen-bond acceptors (Lipinski definition) is 3. The number of hydrogen-bond donors (Lipinski definition) is 0. The fraction of sp³-hybridized carbons (Fsp3) is 0.273. The number of rotatable bonds is 3. The van der Waals surface area contributed by atoms with Crippen molar-refractivity contribution < 1.29 is 4.79 Å². The second-order valence-electron chi connectivity index (χ2n) is 3.01. The van der Waals surface area contributed by atoms with E-state index in [1.807, 2.05) is 12.1 Å². The van der Waals surface area contributed by atoms with Gasteiger partial charge in [0.15, 0.2) is 5.12 Å². The number of benzene rings is 1. The minimum absolute atomic E-state index is 0.0187. The lowest BCUT2D eigenvalue weighted by Crippen LogP contribution is -1.96. The van der Waals surface area contributed by atoms with Crippen LogP contribution in [0.3, 0.4) is 0 Å². The minimum atomic E-state index is -0.0928. The predicted molar refractivity (Wildman–Crippen MR) is 62.7 cm³/mol. The SMILES string of the molecule is CC(=O)SC(CC#N)c1ccc(Cl)cc1. The molecule has 0 fully saturated rings. The molecule has 1 aromatic carbocycles. The Kier molecular flexibility index (Phi) is 4.67. The van der Waals surface area contributed by atoms with Crippen LogP contribution >= 0.6 is 23.4 Å². The van der Waals surface area contributed by atoms with Gasteiger partial charge in [-0.3, -0.25) is 4.79 Å². The molecule has 0 heterocycles. The van der Waals surface area contributed by atoms with Gasteiger partial charge in [0, 0.05) is 11.9 Å². The third-order valence-corrected chi connectivity index (χ3v) is 3.13. The van der Waals surface area contributed by atoms with Gasteiger partial charge >= 0.3 is 0 Å². The first-order valence-corrected chi connectivity index (χ1v) is 5.69. The zero-order chi connectivity index (χ0) is 11.3. The van der Waals surface area contributed by atoms with E-state index in [9.17, 15) is 4.79 Å². The molecule has 15 heavy (non-hydrogen) atoms. The second kappa shape index (κ2) is 5.79. The number of halogens is 1. The standard InChI is InChI=1S/C11H10ClNOS/c1-8(14)15-11(6-7-13)9-2-4-10(12)5-3-9/h2-5,11H,6H2,1H3. The smallest absolute Gasteiger partial charge is 0.186 e. The highest BCUT2D eigenvalue weighted by Gasteiger charge is 2.13. The molecule has 4 heteroatoms. The van der Waals surface area contributed by atoms with Crippen LogP contribution in [0, 0.1) is 11.3 Å². The van der Waals surface area contributed by atoms with E-state index in [2.05, 4.69) is 6.07 Å². The molecule has 0 saturated heterocycles. The molecule has 78 valence electrons. The molecule has 0 bridgehead atoms. The van der Waals surface area contributed by atoms with E-state index in [4.69, 9.17) is 16.9 Å². The molecule has 0 saturated carbocycles. The second-order valence-corrected chi connectivity index (χ2v) is 4.83. The third kappa shape index (κ3) is 3.94. The number of nitrogens with zero attached hydrogens (tertiary/aromatic N) is 1. The first kappa shape index (κ1) is 12.1. The number of carbonyl (C=O) groups excluding carboxylic acids is 1. The maximum atomic E-state index is 11.0. The van der Waals surface area contributed by atoms with Crippen LogP contribution in [0.2, 0.25) is 5.02 Å². The van der Waals surface area contributed by atoms with E-state index >= 15 is 0 Å². The van der Waals surface area contributed by atoms with E-state index in [0.717, 1.165) is 5.56 Å². The van der Waals surface area contributed by atoms with E-state index in [1.165, 1.54) is 18.7 Å². The van der Waals surface area contributed by atoms with Crippen LogP contribution in [-0.2, 0) is 4.79 Å². The van der Waals surface area contributed by atoms with Crippen molar-refractivity contribution in [3.63, 3.8) is 0 Å². The van der Waals surface area contributed by atoms with E-state index < -0.39 is 0 Å². The highest BCUT2D eigenvalue weighted by Crippen LogP contribution is 2.32. The number of thioether (sulfide) groups is 1. The van der Waals surface area contributed by atoms with Crippen LogP contribution < -0.4 is 0 Å². The summed E-state index contributed by atoms with van der Waals surface area (Å²) < 4.78 is 0. The monoisotopic (exact) mass is 239 g/mol. The van der Waals surface area contributed by atoms with Gasteiger partial charge in [0.1, 0.15) is 0 Å². The average molecular weight is 240 g/mol. The van der Waals surface area contributed by atoms with Crippen molar-refractivity contribution in [1.82, 2.24) is 0 Å². The van der Waals surface area contributed by atoms with Gasteiger partial charge in [-0.2, -0.15) is 5.26 Å². The first-order chi connectivity index (χ1) is 7.13. The molecule has 0 aliphatic carbocycles. The summed E-state index contributed by atoms with van der Waals surface area (Å²) in [6.45, 7) is 1.50. The lowest BCUT2D eigenvalue weighted by atomic mass is 10.1. The Balaban J connectivity index is 2.84. The molecule has 1 atom stereocenters. The Hall–Kier alpha value is -0.980. The predicted octanol–water partition coefficient (Wildman–Crippen LogP) is 3.57. The summed E-state index contributed by atoms with van der Waals surface area (Å²) in [5.74, 6) is 0. The zero-order valence-corrected chi connectivity index (χ0v) is 9.81. The molecule has 0 aliphatic heterocycles. The molecule has 1 unspecified atom stereocenters. The molecule has 1 aromatic rings. The van der Waals surface area contributed by atoms with E-state index in [0.29, 0.717) is 11.4 Å². The van der Waals surface area contributed by atoms with Crippen molar-refractivity contribution >= 4 is 28.5 Å². The molecule has 0 spiro atoms. The molecule has 0 N–H and O–H groups in total. The van der Waals surface area contributed by atoms with Crippen molar-refractivity contribution in [1.29, 1.82) is 5.26 Å². The summed E-state index contributed by atoms with van der Waals surface area (Å²) in [4.78, 5) is 11.0. The highest BCUT2D eigenvalue weighted by molar-refractivity contribution is 8.13. The van der Waals surface area contributed by atoms with E-state index in [1.54, 1.807) is 12.1 Å². The molecule has 0 amide bonds. The Morgan fingerprint density at radius 1 is 1.53 bits per heavy atom. The van der Waals surface area contributed by atoms with Crippen molar-refractivity contribution in [2.45, 2.75) is 18.6 Å². The van der Waals surface area contributed by atoms with Crippen molar-refractivity contribution in [2.75, 3.05) is 0 Å². The highest BCUT2D eigenvalue weighted by atomic mass is 35.5. The normalized spacial score (nSPS) is 11.8. The van der Waals surface area contributed by atoms with Gasteiger partial charge in [0.05, 0.1) is 17.7 Å². The molecule has 0 aliphatic rings. The zero-order valence-electron chi connectivity index (χ0n) is 8.24. The topological polar surface area (TPSA) is 40.9 Å². The average Bonchev–Trinajstić information content (AvgIpc) is 2.17. The van der Waals surface area contributed by atoms with Gasteiger partial charge in [-0.1, -0.05) is 35.5 Å². The third-order valence-electron chi connectivity index (χ3n) is 1.83. The van der Waals surface area contributed by atoms with Crippen LogP contribution in [0.15, 0.2) is 24.3 Å². The molecular weight excluding hydrogens is 230 g/mol. The van der Waals surface area contributed by atoms with Crippen molar-refractivity contribution in [3.8, 4) is 6.07 Å². The summed E-state index contributed by atoms with van der Waals surface area (Å²) in [7, 11) is 0. The summed E-state index contributed by atoms with van der Waals surface area (Å²) >= 11 is 6.94. The fourth-order valence-corrected chi connectivity index (χ4v) is 2.17. The van der Waals surface area contributed by atoms with Crippen molar-refractivity contribution in [2.24, 2.45) is 0 Å². The summed E-state index contributed by atoms with van der Waals surface area (Å²) in [5, 5.41) is 9.25. The largest absolute Gasteiger partial charge is 0.288 e. The Bertz CT molecular complexity index is 383. The van der Waals surface area contributed by atoms with Crippen LogP contribution in [0.25, 0.3) is 0 Å². The fourth-order valence-electron chi connectivity index (χ4n) is 1.19. The van der Waals surface area contributed by atoms with Crippen molar-refractivity contribution in [3.05, 3.63) is 34.9 Å². The summed E-state index contributed by atoms with van der Waals surface area (Å²) in [6.07, 6.45) is 0.325. The minimum Gasteiger partial charge on any atom is -0.288 e. The summed E-state index contributed by atoms with van der Waals surface area (Å²) in [5.41, 5.74) is 0.959. The Morgan fingerprint density at radius 2 is 2.13 bits per heavy atom. The Morgan fingerprint density at radius 3 is 2.60 bits per heavy atom.